The zero-order valence-electron chi connectivity index (χ0n) is 14.8. The molecule has 0 unspecified atom stereocenters. The van der Waals surface area contributed by atoms with Gasteiger partial charge in [0.2, 0.25) is 10.0 Å². The number of hydrogen-bond acceptors (Lipinski definition) is 3. The van der Waals surface area contributed by atoms with E-state index in [9.17, 15) is 13.2 Å². The van der Waals surface area contributed by atoms with E-state index in [0.29, 0.717) is 11.5 Å². The molecule has 1 heterocycles. The van der Waals surface area contributed by atoms with Gasteiger partial charge in [0.05, 0.1) is 5.02 Å². The summed E-state index contributed by atoms with van der Waals surface area (Å²) in [7, 11) is -3.69. The van der Waals surface area contributed by atoms with Crippen molar-refractivity contribution in [1.82, 2.24) is 9.62 Å². The first-order valence-electron chi connectivity index (χ1n) is 9.55. The van der Waals surface area contributed by atoms with Crippen molar-refractivity contribution in [3.63, 3.8) is 0 Å². The molecular weight excluding hydrogens is 372 g/mol. The molecule has 1 aromatic carbocycles. The number of nitrogens with zero attached hydrogens (tertiary/aromatic N) is 1. The van der Waals surface area contributed by atoms with Crippen LogP contribution in [0.15, 0.2) is 23.1 Å². The minimum Gasteiger partial charge on any atom is -0.338 e. The molecule has 1 saturated heterocycles. The van der Waals surface area contributed by atoms with Gasteiger partial charge in [-0.1, -0.05) is 30.9 Å². The highest BCUT2D eigenvalue weighted by Gasteiger charge is 2.34. The maximum Gasteiger partial charge on any atom is 0.253 e. The van der Waals surface area contributed by atoms with Crippen LogP contribution in [-0.2, 0) is 10.0 Å². The number of fused-ring (bicyclic) bond motifs is 1. The van der Waals surface area contributed by atoms with E-state index in [0.717, 1.165) is 38.3 Å². The minimum absolute atomic E-state index is 0.000698. The van der Waals surface area contributed by atoms with Crippen molar-refractivity contribution < 1.29 is 13.2 Å². The van der Waals surface area contributed by atoms with Crippen molar-refractivity contribution in [2.45, 2.75) is 55.9 Å². The van der Waals surface area contributed by atoms with Crippen LogP contribution in [0.4, 0.5) is 0 Å². The molecule has 7 heteroatoms. The number of carbonyl (C=O) groups excluding carboxylic acids is 1. The molecule has 3 fully saturated rings. The summed E-state index contributed by atoms with van der Waals surface area (Å²) in [6.07, 6.45) is 7.79. The molecule has 2 atom stereocenters. The van der Waals surface area contributed by atoms with Crippen molar-refractivity contribution >= 4 is 27.5 Å². The molecule has 5 nitrogen and oxygen atoms in total. The van der Waals surface area contributed by atoms with Crippen LogP contribution in [0.1, 0.15) is 55.3 Å². The second kappa shape index (κ2) is 7.13. The summed E-state index contributed by atoms with van der Waals surface area (Å²) in [4.78, 5) is 14.9. The molecule has 4 rings (SSSR count). The fraction of sp³-hybridized carbons (Fsp3) is 0.632. The number of likely N-dealkylation sites (tertiary alicyclic amines) is 1. The van der Waals surface area contributed by atoms with Gasteiger partial charge in [-0.3, -0.25) is 4.79 Å². The molecule has 1 amide bonds. The molecule has 0 bridgehead atoms. The number of benzene rings is 1. The van der Waals surface area contributed by atoms with E-state index in [1.165, 1.54) is 37.8 Å². The van der Waals surface area contributed by atoms with Gasteiger partial charge in [0.25, 0.3) is 5.91 Å². The van der Waals surface area contributed by atoms with Crippen LogP contribution in [0.5, 0.6) is 0 Å². The lowest BCUT2D eigenvalue weighted by Crippen LogP contribution is -2.44. The number of halogens is 1. The third-order valence-electron chi connectivity index (χ3n) is 5.95. The van der Waals surface area contributed by atoms with E-state index in [1.807, 2.05) is 4.90 Å². The standard InChI is InChI=1S/C19H25ClN2O3S/c20-17-8-5-14(11-18(17)26(24,25)21-16-6-7-16)19(23)22-10-9-13-3-1-2-4-15(13)12-22/h5,8,11,13,15-16,21H,1-4,6-7,9-10,12H2/t13-,15+/m0/s1. The Morgan fingerprint density at radius 1 is 1.08 bits per heavy atom. The van der Waals surface area contributed by atoms with Crippen LogP contribution < -0.4 is 4.72 Å². The summed E-state index contributed by atoms with van der Waals surface area (Å²) in [6, 6.07) is 4.58. The van der Waals surface area contributed by atoms with E-state index < -0.39 is 10.0 Å². The normalized spacial score (nSPS) is 26.4. The first kappa shape index (κ1) is 18.3. The largest absolute Gasteiger partial charge is 0.338 e. The van der Waals surface area contributed by atoms with Gasteiger partial charge in [-0.2, -0.15) is 0 Å². The first-order valence-corrected chi connectivity index (χ1v) is 11.4. The smallest absolute Gasteiger partial charge is 0.253 e. The average Bonchev–Trinajstić information content (AvgIpc) is 3.44. The second-order valence-corrected chi connectivity index (χ2v) is 9.97. The predicted molar refractivity (Wildman–Crippen MR) is 101 cm³/mol. The number of sulfonamides is 1. The Morgan fingerprint density at radius 2 is 1.81 bits per heavy atom. The highest BCUT2D eigenvalue weighted by Crippen LogP contribution is 2.36. The first-order chi connectivity index (χ1) is 12.4. The summed E-state index contributed by atoms with van der Waals surface area (Å²) in [5.74, 6) is 1.25. The zero-order chi connectivity index (χ0) is 18.3. The summed E-state index contributed by atoms with van der Waals surface area (Å²) < 4.78 is 27.7. The zero-order valence-corrected chi connectivity index (χ0v) is 16.4. The Morgan fingerprint density at radius 3 is 2.54 bits per heavy atom. The number of piperidine rings is 1. The molecule has 142 valence electrons. The quantitative estimate of drug-likeness (QED) is 0.847. The van der Waals surface area contributed by atoms with Crippen molar-refractivity contribution in [1.29, 1.82) is 0 Å². The number of nitrogens with one attached hydrogen (secondary N) is 1. The van der Waals surface area contributed by atoms with Crippen LogP contribution >= 0.6 is 11.6 Å². The number of hydrogen-bond donors (Lipinski definition) is 1. The van der Waals surface area contributed by atoms with Crippen LogP contribution in [-0.4, -0.2) is 38.4 Å². The number of carbonyl (C=O) groups is 1. The second-order valence-electron chi connectivity index (χ2n) is 7.89. The van der Waals surface area contributed by atoms with Crippen molar-refractivity contribution in [3.8, 4) is 0 Å². The Kier molecular flexibility index (Phi) is 5.01. The highest BCUT2D eigenvalue weighted by molar-refractivity contribution is 7.89. The van der Waals surface area contributed by atoms with Gasteiger partial charge in [-0.05, 0) is 55.7 Å². The van der Waals surface area contributed by atoms with Gasteiger partial charge >= 0.3 is 0 Å². The summed E-state index contributed by atoms with van der Waals surface area (Å²) >= 11 is 6.12. The molecule has 2 saturated carbocycles. The monoisotopic (exact) mass is 396 g/mol. The third-order valence-corrected chi connectivity index (χ3v) is 7.95. The summed E-state index contributed by atoms with van der Waals surface area (Å²) in [6.45, 7) is 1.54. The van der Waals surface area contributed by atoms with Crippen molar-refractivity contribution in [3.05, 3.63) is 28.8 Å². The lowest BCUT2D eigenvalue weighted by Gasteiger charge is -2.41. The highest BCUT2D eigenvalue weighted by atomic mass is 35.5. The van der Waals surface area contributed by atoms with E-state index >= 15 is 0 Å². The van der Waals surface area contributed by atoms with Crippen LogP contribution in [0, 0.1) is 11.8 Å². The Bertz CT molecular complexity index is 807. The SMILES string of the molecule is O=C(c1ccc(Cl)c(S(=O)(=O)NC2CC2)c1)N1CC[C@@H]2CCCC[C@@H]2C1. The third kappa shape index (κ3) is 3.78. The molecule has 1 aliphatic heterocycles. The molecule has 26 heavy (non-hydrogen) atoms. The maximum absolute atomic E-state index is 13.0. The van der Waals surface area contributed by atoms with Gasteiger partial charge in [-0.15, -0.1) is 0 Å². The molecular formula is C19H25ClN2O3S. The molecule has 3 aliphatic rings. The van der Waals surface area contributed by atoms with Crippen LogP contribution in [0.3, 0.4) is 0 Å². The average molecular weight is 397 g/mol. The maximum atomic E-state index is 13.0. The van der Waals surface area contributed by atoms with Gasteiger partial charge in [-0.25, -0.2) is 13.1 Å². The Balaban J connectivity index is 1.53. The molecule has 0 radical (unpaired) electrons. The lowest BCUT2D eigenvalue weighted by molar-refractivity contribution is 0.0520. The number of rotatable bonds is 4. The van der Waals surface area contributed by atoms with Crippen LogP contribution in [0.25, 0.3) is 0 Å². The van der Waals surface area contributed by atoms with Gasteiger partial charge in [0.1, 0.15) is 4.90 Å². The number of amides is 1. The predicted octanol–water partition coefficient (Wildman–Crippen LogP) is 3.43. The van der Waals surface area contributed by atoms with Crippen molar-refractivity contribution in [2.24, 2.45) is 11.8 Å². The molecule has 1 aromatic rings. The Hall–Kier alpha value is -1.11. The van der Waals surface area contributed by atoms with Crippen LogP contribution in [0.2, 0.25) is 5.02 Å². The Labute approximate surface area is 160 Å². The van der Waals surface area contributed by atoms with E-state index in [-0.39, 0.29) is 21.9 Å². The molecule has 1 N–H and O–H groups in total. The van der Waals surface area contributed by atoms with E-state index in [1.54, 1.807) is 6.07 Å². The fourth-order valence-electron chi connectivity index (χ4n) is 4.29. The van der Waals surface area contributed by atoms with Gasteiger partial charge in [0, 0.05) is 24.7 Å². The molecule has 0 spiro atoms. The minimum atomic E-state index is -3.69. The molecule has 0 aromatic heterocycles. The summed E-state index contributed by atoms with van der Waals surface area (Å²) in [5, 5.41) is 0.153. The summed E-state index contributed by atoms with van der Waals surface area (Å²) in [5.41, 5.74) is 0.403. The van der Waals surface area contributed by atoms with Gasteiger partial charge in [0.15, 0.2) is 0 Å². The van der Waals surface area contributed by atoms with E-state index in [4.69, 9.17) is 11.6 Å². The van der Waals surface area contributed by atoms with Gasteiger partial charge < -0.3 is 4.90 Å². The lowest BCUT2D eigenvalue weighted by atomic mass is 9.75. The van der Waals surface area contributed by atoms with E-state index in [2.05, 4.69) is 4.72 Å². The van der Waals surface area contributed by atoms with Crippen molar-refractivity contribution in [2.75, 3.05) is 13.1 Å². The topological polar surface area (TPSA) is 66.5 Å². The fourth-order valence-corrected chi connectivity index (χ4v) is 6.12. The molecule has 2 aliphatic carbocycles.